The van der Waals surface area contributed by atoms with E-state index in [0.717, 1.165) is 15.8 Å². The molecule has 136 valence electrons. The van der Waals surface area contributed by atoms with Crippen molar-refractivity contribution in [2.24, 2.45) is 11.3 Å². The van der Waals surface area contributed by atoms with Crippen LogP contribution in [0.2, 0.25) is 0 Å². The third kappa shape index (κ3) is 4.04. The second-order valence-electron chi connectivity index (χ2n) is 6.71. The Bertz CT molecular complexity index is 768. The van der Waals surface area contributed by atoms with Gasteiger partial charge in [-0.25, -0.2) is 0 Å². The van der Waals surface area contributed by atoms with Crippen LogP contribution in [0.25, 0.3) is 0 Å². The predicted molar refractivity (Wildman–Crippen MR) is 108 cm³/mol. The van der Waals surface area contributed by atoms with Crippen molar-refractivity contribution in [1.82, 2.24) is 0 Å². The fraction of sp³-hybridized carbons (Fsp3) is 0.333. The molecule has 3 rings (SSSR count). The Morgan fingerprint density at radius 2 is 1.77 bits per heavy atom. The zero-order chi connectivity index (χ0) is 18.6. The maximum absolute atomic E-state index is 13.1. The first kappa shape index (κ1) is 19.2. The highest BCUT2D eigenvalue weighted by molar-refractivity contribution is 9.10. The quantitative estimate of drug-likeness (QED) is 0.345. The molecule has 1 saturated carbocycles. The average molecular weight is 433 g/mol. The van der Waals surface area contributed by atoms with Crippen LogP contribution < -0.4 is 0 Å². The number of Topliss-reactive ketones (excluding diaryl/α,β-unsaturated/α-hetero) is 1. The fourth-order valence-electron chi connectivity index (χ4n) is 3.46. The van der Waals surface area contributed by atoms with Gasteiger partial charge in [-0.15, -0.1) is 0 Å². The van der Waals surface area contributed by atoms with E-state index in [2.05, 4.69) is 15.9 Å². The van der Waals surface area contributed by atoms with Gasteiger partial charge in [0.2, 0.25) is 0 Å². The Kier molecular flexibility index (Phi) is 6.20. The van der Waals surface area contributed by atoms with E-state index in [9.17, 15) is 9.59 Å². The zero-order valence-electron chi connectivity index (χ0n) is 14.6. The summed E-state index contributed by atoms with van der Waals surface area (Å²) in [6.07, 6.45) is 3.18. The third-order valence-electron chi connectivity index (χ3n) is 4.82. The van der Waals surface area contributed by atoms with Crippen LogP contribution in [0.3, 0.4) is 0 Å². The van der Waals surface area contributed by atoms with Crippen molar-refractivity contribution in [3.63, 3.8) is 0 Å². The predicted octanol–water partition coefficient (Wildman–Crippen LogP) is 5.13. The van der Waals surface area contributed by atoms with E-state index in [0.29, 0.717) is 24.3 Å². The lowest BCUT2D eigenvalue weighted by Crippen LogP contribution is -2.51. The van der Waals surface area contributed by atoms with Gasteiger partial charge in [-0.05, 0) is 48.5 Å². The van der Waals surface area contributed by atoms with Crippen molar-refractivity contribution in [2.75, 3.05) is 12.0 Å². The standard InChI is InChI=1S/C21H21BrO3S/c1-26-14-16-11-21(12-16,19(23)17-7-9-18(22)10-8-17)20(24)25-13-15-5-3-2-4-6-15/h2-10,16H,11-14H2,1H3. The molecular weight excluding hydrogens is 412 g/mol. The van der Waals surface area contributed by atoms with E-state index >= 15 is 0 Å². The first-order valence-electron chi connectivity index (χ1n) is 8.55. The summed E-state index contributed by atoms with van der Waals surface area (Å²) in [6, 6.07) is 16.7. The molecule has 0 amide bonds. The highest BCUT2D eigenvalue weighted by atomic mass is 79.9. The topological polar surface area (TPSA) is 43.4 Å². The number of ketones is 1. The number of halogens is 1. The summed E-state index contributed by atoms with van der Waals surface area (Å²) >= 11 is 5.13. The zero-order valence-corrected chi connectivity index (χ0v) is 17.0. The Hall–Kier alpha value is -1.59. The molecular formula is C21H21BrO3S. The maximum Gasteiger partial charge on any atom is 0.320 e. The van der Waals surface area contributed by atoms with E-state index in [-0.39, 0.29) is 12.4 Å². The van der Waals surface area contributed by atoms with Crippen molar-refractivity contribution in [1.29, 1.82) is 0 Å². The molecule has 0 atom stereocenters. The van der Waals surface area contributed by atoms with Gasteiger partial charge in [0.25, 0.3) is 0 Å². The number of carbonyl (C=O) groups excluding carboxylic acids is 2. The molecule has 0 unspecified atom stereocenters. The van der Waals surface area contributed by atoms with Gasteiger partial charge in [0.15, 0.2) is 5.78 Å². The molecule has 1 aliphatic carbocycles. The third-order valence-corrected chi connectivity index (χ3v) is 6.15. The van der Waals surface area contributed by atoms with E-state index in [1.807, 2.05) is 48.7 Å². The van der Waals surface area contributed by atoms with Crippen LogP contribution in [-0.2, 0) is 16.1 Å². The summed E-state index contributed by atoms with van der Waals surface area (Å²) < 4.78 is 6.46. The number of ether oxygens (including phenoxy) is 1. The molecule has 0 heterocycles. The van der Waals surface area contributed by atoms with Crippen LogP contribution >= 0.6 is 27.7 Å². The molecule has 5 heteroatoms. The molecule has 0 bridgehead atoms. The van der Waals surface area contributed by atoms with Gasteiger partial charge in [-0.3, -0.25) is 9.59 Å². The fourth-order valence-corrected chi connectivity index (χ4v) is 4.43. The number of hydrogen-bond acceptors (Lipinski definition) is 4. The number of hydrogen-bond donors (Lipinski definition) is 0. The van der Waals surface area contributed by atoms with E-state index in [1.54, 1.807) is 23.9 Å². The molecule has 0 radical (unpaired) electrons. The Labute approximate surface area is 166 Å². The van der Waals surface area contributed by atoms with Crippen LogP contribution in [0, 0.1) is 11.3 Å². The van der Waals surface area contributed by atoms with E-state index in [4.69, 9.17) is 4.74 Å². The van der Waals surface area contributed by atoms with Crippen molar-refractivity contribution in [3.05, 3.63) is 70.2 Å². The number of benzene rings is 2. The van der Waals surface area contributed by atoms with Crippen molar-refractivity contribution in [2.45, 2.75) is 19.4 Å². The van der Waals surface area contributed by atoms with Crippen LogP contribution in [0.1, 0.15) is 28.8 Å². The summed E-state index contributed by atoms with van der Waals surface area (Å²) in [6.45, 7) is 0.197. The summed E-state index contributed by atoms with van der Waals surface area (Å²) in [5.74, 6) is 0.821. The average Bonchev–Trinajstić information content (AvgIpc) is 2.63. The van der Waals surface area contributed by atoms with Crippen LogP contribution in [0.4, 0.5) is 0 Å². The Morgan fingerprint density at radius 1 is 1.12 bits per heavy atom. The smallest absolute Gasteiger partial charge is 0.320 e. The van der Waals surface area contributed by atoms with Crippen molar-refractivity contribution < 1.29 is 14.3 Å². The number of thioether (sulfide) groups is 1. The molecule has 2 aromatic carbocycles. The Morgan fingerprint density at radius 3 is 2.38 bits per heavy atom. The summed E-state index contributed by atoms with van der Waals surface area (Å²) in [4.78, 5) is 26.0. The normalized spacial score (nSPS) is 21.7. The monoisotopic (exact) mass is 432 g/mol. The molecule has 26 heavy (non-hydrogen) atoms. The summed E-state index contributed by atoms with van der Waals surface area (Å²) in [5.41, 5.74) is 0.447. The van der Waals surface area contributed by atoms with Crippen molar-refractivity contribution >= 4 is 39.4 Å². The van der Waals surface area contributed by atoms with Crippen molar-refractivity contribution in [3.8, 4) is 0 Å². The van der Waals surface area contributed by atoms with E-state index < -0.39 is 11.4 Å². The van der Waals surface area contributed by atoms with E-state index in [1.165, 1.54) is 0 Å². The highest BCUT2D eigenvalue weighted by Gasteiger charge is 2.56. The molecule has 0 aromatic heterocycles. The largest absolute Gasteiger partial charge is 0.460 e. The minimum atomic E-state index is -1.04. The molecule has 0 spiro atoms. The summed E-state index contributed by atoms with van der Waals surface area (Å²) in [7, 11) is 0. The highest BCUT2D eigenvalue weighted by Crippen LogP contribution is 2.50. The van der Waals surface area contributed by atoms with Crippen LogP contribution in [0.5, 0.6) is 0 Å². The SMILES string of the molecule is CSCC1CC(C(=O)OCc2ccccc2)(C(=O)c2ccc(Br)cc2)C1. The molecule has 2 aromatic rings. The molecule has 1 aliphatic rings. The number of rotatable bonds is 7. The van der Waals surface area contributed by atoms with Crippen LogP contribution in [0.15, 0.2) is 59.1 Å². The lowest BCUT2D eigenvalue weighted by atomic mass is 9.59. The first-order chi connectivity index (χ1) is 12.5. The lowest BCUT2D eigenvalue weighted by Gasteiger charge is -2.44. The van der Waals surface area contributed by atoms with Gasteiger partial charge < -0.3 is 4.74 Å². The number of esters is 1. The minimum Gasteiger partial charge on any atom is -0.460 e. The van der Waals surface area contributed by atoms with Gasteiger partial charge in [-0.1, -0.05) is 58.4 Å². The maximum atomic E-state index is 13.1. The van der Waals surface area contributed by atoms with Gasteiger partial charge in [0.05, 0.1) is 0 Å². The lowest BCUT2D eigenvalue weighted by molar-refractivity contribution is -0.161. The molecule has 0 N–H and O–H groups in total. The second-order valence-corrected chi connectivity index (χ2v) is 8.54. The van der Waals surface area contributed by atoms with Gasteiger partial charge in [0, 0.05) is 10.0 Å². The second kappa shape index (κ2) is 8.40. The molecule has 0 saturated heterocycles. The molecule has 1 fully saturated rings. The number of carbonyl (C=O) groups is 2. The molecule has 3 nitrogen and oxygen atoms in total. The van der Waals surface area contributed by atoms with Gasteiger partial charge in [-0.2, -0.15) is 11.8 Å². The first-order valence-corrected chi connectivity index (χ1v) is 10.7. The van der Waals surface area contributed by atoms with Crippen LogP contribution in [-0.4, -0.2) is 23.8 Å². The molecule has 0 aliphatic heterocycles. The Balaban J connectivity index is 1.76. The van der Waals surface area contributed by atoms with Gasteiger partial charge in [0.1, 0.15) is 12.0 Å². The summed E-state index contributed by atoms with van der Waals surface area (Å²) in [5, 5.41) is 0. The minimum absolute atomic E-state index is 0.125. The van der Waals surface area contributed by atoms with Gasteiger partial charge >= 0.3 is 5.97 Å².